The zero-order valence-corrected chi connectivity index (χ0v) is 21.2. The van der Waals surface area contributed by atoms with Crippen molar-refractivity contribution in [3.63, 3.8) is 0 Å². The summed E-state index contributed by atoms with van der Waals surface area (Å²) in [5.74, 6) is 1.75. The van der Waals surface area contributed by atoms with E-state index < -0.39 is 5.60 Å². The summed E-state index contributed by atoms with van der Waals surface area (Å²) in [6.45, 7) is 8.35. The number of rotatable bonds is 6. The molecule has 1 amide bonds. The smallest absolute Gasteiger partial charge is 0.410 e. The first-order valence-electron chi connectivity index (χ1n) is 11.8. The van der Waals surface area contributed by atoms with Gasteiger partial charge in [-0.25, -0.2) is 9.78 Å². The fraction of sp³-hybridized carbons (Fsp3) is 0.609. The largest absolute Gasteiger partial charge is 0.444 e. The van der Waals surface area contributed by atoms with Gasteiger partial charge in [-0.2, -0.15) is 15.0 Å². The van der Waals surface area contributed by atoms with Gasteiger partial charge in [0.1, 0.15) is 11.4 Å². The Labute approximate surface area is 205 Å². The number of hydrogen-bond acceptors (Lipinski definition) is 10. The fourth-order valence-electron chi connectivity index (χ4n) is 4.06. The maximum atomic E-state index is 12.3. The van der Waals surface area contributed by atoms with Crippen LogP contribution in [0.4, 0.5) is 28.2 Å². The standard InChI is InChI=1S/C23H34N8O2S/c1-23(2,3)33-22(32)31-13-11-30(12-14-31)17-9-10-18(24-15-17)26-20-27-19(28-21(29-20)34-4)25-16-7-5-6-8-16/h9-10,15-16H,5-8,11-14H2,1-4H3,(H2,24,25,26,27,28,29). The topological polar surface area (TPSA) is 108 Å². The quantitative estimate of drug-likeness (QED) is 0.578. The minimum absolute atomic E-state index is 0.256. The Bertz CT molecular complexity index is 968. The number of ether oxygens (including phenoxy) is 1. The Hall–Kier alpha value is -2.82. The maximum absolute atomic E-state index is 12.3. The van der Waals surface area contributed by atoms with Gasteiger partial charge in [-0.3, -0.25) is 0 Å². The van der Waals surface area contributed by atoms with Crippen molar-refractivity contribution in [3.05, 3.63) is 18.3 Å². The molecule has 0 radical (unpaired) electrons. The van der Waals surface area contributed by atoms with Crippen molar-refractivity contribution in [1.29, 1.82) is 0 Å². The molecule has 1 aliphatic carbocycles. The first-order chi connectivity index (χ1) is 16.3. The molecule has 10 nitrogen and oxygen atoms in total. The SMILES string of the molecule is CSc1nc(Nc2ccc(N3CCN(C(=O)OC(C)(C)C)CC3)cn2)nc(NC2CCCC2)n1. The van der Waals surface area contributed by atoms with Crippen LogP contribution in [0.2, 0.25) is 0 Å². The van der Waals surface area contributed by atoms with E-state index in [9.17, 15) is 4.79 Å². The summed E-state index contributed by atoms with van der Waals surface area (Å²) >= 11 is 1.49. The second-order valence-electron chi connectivity index (χ2n) is 9.58. The number of amides is 1. The number of nitrogens with one attached hydrogen (secondary N) is 2. The van der Waals surface area contributed by atoms with Crippen molar-refractivity contribution in [2.24, 2.45) is 0 Å². The third kappa shape index (κ3) is 6.62. The Morgan fingerprint density at radius 3 is 2.38 bits per heavy atom. The van der Waals surface area contributed by atoms with Gasteiger partial charge in [0, 0.05) is 32.2 Å². The van der Waals surface area contributed by atoms with E-state index in [0.29, 0.717) is 42.0 Å². The highest BCUT2D eigenvalue weighted by Crippen LogP contribution is 2.24. The molecule has 4 rings (SSSR count). The number of pyridine rings is 1. The summed E-state index contributed by atoms with van der Waals surface area (Å²) in [4.78, 5) is 34.3. The number of nitrogens with zero attached hydrogens (tertiary/aromatic N) is 6. The van der Waals surface area contributed by atoms with Crippen molar-refractivity contribution in [2.75, 3.05) is 48.0 Å². The van der Waals surface area contributed by atoms with Crippen molar-refractivity contribution in [2.45, 2.75) is 63.3 Å². The number of aromatic nitrogens is 4. The van der Waals surface area contributed by atoms with Crippen LogP contribution in [0.1, 0.15) is 46.5 Å². The van der Waals surface area contributed by atoms with Crippen LogP contribution in [0.15, 0.2) is 23.5 Å². The Morgan fingerprint density at radius 2 is 1.76 bits per heavy atom. The van der Waals surface area contributed by atoms with Gasteiger partial charge in [0.2, 0.25) is 11.9 Å². The predicted octanol–water partition coefficient (Wildman–Crippen LogP) is 4.14. The number of hydrogen-bond donors (Lipinski definition) is 2. The molecule has 1 aliphatic heterocycles. The average Bonchev–Trinajstić information content (AvgIpc) is 3.31. The van der Waals surface area contributed by atoms with Crippen molar-refractivity contribution in [3.8, 4) is 0 Å². The molecule has 3 heterocycles. The van der Waals surface area contributed by atoms with Crippen LogP contribution < -0.4 is 15.5 Å². The second kappa shape index (κ2) is 10.6. The summed E-state index contributed by atoms with van der Waals surface area (Å²) in [5.41, 5.74) is 0.530. The normalized spacial score (nSPS) is 17.1. The summed E-state index contributed by atoms with van der Waals surface area (Å²) in [7, 11) is 0. The van der Waals surface area contributed by atoms with Gasteiger partial charge in [-0.1, -0.05) is 24.6 Å². The summed E-state index contributed by atoms with van der Waals surface area (Å²) in [6, 6.07) is 4.37. The average molecular weight is 487 g/mol. The highest BCUT2D eigenvalue weighted by Gasteiger charge is 2.26. The van der Waals surface area contributed by atoms with Crippen molar-refractivity contribution >= 4 is 41.3 Å². The van der Waals surface area contributed by atoms with Gasteiger partial charge in [0.25, 0.3) is 0 Å². The lowest BCUT2D eigenvalue weighted by Crippen LogP contribution is -2.50. The molecular formula is C23H34N8O2S. The molecule has 2 aromatic rings. The van der Waals surface area contributed by atoms with Crippen LogP contribution in [-0.2, 0) is 4.74 Å². The van der Waals surface area contributed by atoms with Gasteiger partial charge >= 0.3 is 6.09 Å². The van der Waals surface area contributed by atoms with E-state index >= 15 is 0 Å². The third-order valence-corrected chi connectivity index (χ3v) is 6.32. The first-order valence-corrected chi connectivity index (χ1v) is 13.0. The van der Waals surface area contributed by atoms with Gasteiger partial charge in [-0.05, 0) is 52.0 Å². The lowest BCUT2D eigenvalue weighted by Gasteiger charge is -2.36. The number of carbonyl (C=O) groups is 1. The number of thioether (sulfide) groups is 1. The Kier molecular flexibility index (Phi) is 7.60. The van der Waals surface area contributed by atoms with Gasteiger partial charge < -0.3 is 25.2 Å². The molecule has 0 atom stereocenters. The first kappa shape index (κ1) is 24.3. The van der Waals surface area contributed by atoms with Crippen molar-refractivity contribution < 1.29 is 9.53 Å². The predicted molar refractivity (Wildman–Crippen MR) is 135 cm³/mol. The van der Waals surface area contributed by atoms with Gasteiger partial charge in [0.15, 0.2) is 5.16 Å². The number of carbonyl (C=O) groups excluding carboxylic acids is 1. The van der Waals surface area contributed by atoms with Gasteiger partial charge in [0.05, 0.1) is 11.9 Å². The maximum Gasteiger partial charge on any atom is 0.410 e. The molecule has 184 valence electrons. The van der Waals surface area contributed by atoms with E-state index in [4.69, 9.17) is 4.74 Å². The number of anilines is 4. The summed E-state index contributed by atoms with van der Waals surface area (Å²) in [5, 5.41) is 7.31. The highest BCUT2D eigenvalue weighted by molar-refractivity contribution is 7.98. The van der Waals surface area contributed by atoms with Crippen LogP contribution >= 0.6 is 11.8 Å². The van der Waals surface area contributed by atoms with E-state index in [1.165, 1.54) is 24.6 Å². The van der Waals surface area contributed by atoms with E-state index in [1.54, 1.807) is 4.90 Å². The molecular weight excluding hydrogens is 452 g/mol. The van der Waals surface area contributed by atoms with Crippen LogP contribution in [0.3, 0.4) is 0 Å². The van der Waals surface area contributed by atoms with Crippen LogP contribution in [0.5, 0.6) is 0 Å². The summed E-state index contributed by atoms with van der Waals surface area (Å²) < 4.78 is 5.48. The Morgan fingerprint density at radius 1 is 1.06 bits per heavy atom. The third-order valence-electron chi connectivity index (χ3n) is 5.77. The zero-order valence-electron chi connectivity index (χ0n) is 20.4. The minimum Gasteiger partial charge on any atom is -0.444 e. The molecule has 1 saturated carbocycles. The molecule has 0 unspecified atom stereocenters. The van der Waals surface area contributed by atoms with Gasteiger partial charge in [-0.15, -0.1) is 0 Å². The van der Waals surface area contributed by atoms with Crippen LogP contribution in [-0.4, -0.2) is 75.0 Å². The zero-order chi connectivity index (χ0) is 24.1. The molecule has 2 aliphatic rings. The fourth-order valence-corrected chi connectivity index (χ4v) is 4.41. The molecule has 2 aromatic heterocycles. The second-order valence-corrected chi connectivity index (χ2v) is 10.3. The Balaban J connectivity index is 1.35. The summed E-state index contributed by atoms with van der Waals surface area (Å²) in [6.07, 6.45) is 8.32. The molecule has 2 fully saturated rings. The monoisotopic (exact) mass is 486 g/mol. The molecule has 34 heavy (non-hydrogen) atoms. The van der Waals surface area contributed by atoms with E-state index in [0.717, 1.165) is 31.6 Å². The van der Waals surface area contributed by atoms with E-state index in [2.05, 4.69) is 35.5 Å². The number of piperazine rings is 1. The molecule has 0 spiro atoms. The van der Waals surface area contributed by atoms with E-state index in [-0.39, 0.29) is 6.09 Å². The molecule has 1 saturated heterocycles. The molecule has 11 heteroatoms. The minimum atomic E-state index is -0.483. The van der Waals surface area contributed by atoms with Crippen LogP contribution in [0.25, 0.3) is 0 Å². The molecule has 0 aromatic carbocycles. The highest BCUT2D eigenvalue weighted by atomic mass is 32.2. The van der Waals surface area contributed by atoms with E-state index in [1.807, 2.05) is 45.4 Å². The lowest BCUT2D eigenvalue weighted by atomic mass is 10.2. The molecule has 0 bridgehead atoms. The lowest BCUT2D eigenvalue weighted by molar-refractivity contribution is 0.0240. The van der Waals surface area contributed by atoms with Crippen LogP contribution in [0, 0.1) is 0 Å². The van der Waals surface area contributed by atoms with Crippen molar-refractivity contribution in [1.82, 2.24) is 24.8 Å². The molecule has 2 N–H and O–H groups in total.